The van der Waals surface area contributed by atoms with Gasteiger partial charge in [0.05, 0.1) is 17.4 Å². The van der Waals surface area contributed by atoms with E-state index < -0.39 is 0 Å². The molecule has 0 aliphatic rings. The van der Waals surface area contributed by atoms with Gasteiger partial charge in [-0.1, -0.05) is 13.8 Å². The first-order valence-corrected chi connectivity index (χ1v) is 4.87. The predicted molar refractivity (Wildman–Crippen MR) is 59.0 cm³/mol. The molecule has 1 aromatic heterocycles. The zero-order valence-corrected chi connectivity index (χ0v) is 8.57. The Labute approximate surface area is 83.6 Å². The first-order chi connectivity index (χ1) is 6.66. The van der Waals surface area contributed by atoms with Gasteiger partial charge in [0.2, 0.25) is 0 Å². The molecule has 0 spiro atoms. The molecule has 3 nitrogen and oxygen atoms in total. The molecule has 2 rings (SSSR count). The van der Waals surface area contributed by atoms with Gasteiger partial charge in [0.15, 0.2) is 0 Å². The highest BCUT2D eigenvalue weighted by Crippen LogP contribution is 2.17. The molecule has 1 heterocycles. The summed E-state index contributed by atoms with van der Waals surface area (Å²) in [5.41, 5.74) is 8.67. The maximum atomic E-state index is 5.74. The molecule has 0 amide bonds. The molecule has 0 saturated carbocycles. The maximum absolute atomic E-state index is 5.74. The van der Waals surface area contributed by atoms with Gasteiger partial charge in [-0.25, -0.2) is 4.98 Å². The van der Waals surface area contributed by atoms with Gasteiger partial charge in [-0.3, -0.25) is 0 Å². The largest absolute Gasteiger partial charge is 0.399 e. The van der Waals surface area contributed by atoms with Crippen molar-refractivity contribution in [2.24, 2.45) is 5.92 Å². The highest BCUT2D eigenvalue weighted by molar-refractivity contribution is 5.78. The average molecular weight is 189 g/mol. The standard InChI is InChI=1S/C11H15N3/c1-8(2)6-14-7-13-10-4-3-9(12)5-11(10)14/h3-5,7-8H,6,12H2,1-2H3. The fourth-order valence-electron chi connectivity index (χ4n) is 1.61. The molecule has 0 bridgehead atoms. The second kappa shape index (κ2) is 3.33. The lowest BCUT2D eigenvalue weighted by molar-refractivity contribution is 0.533. The lowest BCUT2D eigenvalue weighted by Crippen LogP contribution is -2.02. The number of fused-ring (bicyclic) bond motifs is 1. The first kappa shape index (κ1) is 9.06. The topological polar surface area (TPSA) is 43.8 Å². The Balaban J connectivity index is 2.50. The van der Waals surface area contributed by atoms with Crippen molar-refractivity contribution < 1.29 is 0 Å². The molecule has 2 aromatic rings. The fourth-order valence-corrected chi connectivity index (χ4v) is 1.61. The van der Waals surface area contributed by atoms with Crippen LogP contribution in [-0.4, -0.2) is 9.55 Å². The molecule has 2 N–H and O–H groups in total. The second-order valence-corrected chi connectivity index (χ2v) is 4.04. The summed E-state index contributed by atoms with van der Waals surface area (Å²) >= 11 is 0. The zero-order chi connectivity index (χ0) is 10.1. The molecule has 74 valence electrons. The van der Waals surface area contributed by atoms with Crippen LogP contribution in [0.15, 0.2) is 24.5 Å². The van der Waals surface area contributed by atoms with Crippen molar-refractivity contribution >= 4 is 16.7 Å². The van der Waals surface area contributed by atoms with Gasteiger partial charge in [-0.05, 0) is 24.1 Å². The lowest BCUT2D eigenvalue weighted by Gasteiger charge is -2.07. The molecule has 0 fully saturated rings. The van der Waals surface area contributed by atoms with E-state index in [1.807, 2.05) is 24.5 Å². The van der Waals surface area contributed by atoms with E-state index in [2.05, 4.69) is 23.4 Å². The molecule has 14 heavy (non-hydrogen) atoms. The third-order valence-corrected chi connectivity index (χ3v) is 2.21. The summed E-state index contributed by atoms with van der Waals surface area (Å²) in [6.45, 7) is 5.37. The van der Waals surface area contributed by atoms with Crippen molar-refractivity contribution in [2.45, 2.75) is 20.4 Å². The minimum atomic E-state index is 0.619. The van der Waals surface area contributed by atoms with Crippen molar-refractivity contribution in [3.05, 3.63) is 24.5 Å². The predicted octanol–water partition coefficient (Wildman–Crippen LogP) is 2.27. The molecule has 1 aromatic carbocycles. The second-order valence-electron chi connectivity index (χ2n) is 4.04. The van der Waals surface area contributed by atoms with E-state index in [1.54, 1.807) is 0 Å². The van der Waals surface area contributed by atoms with E-state index >= 15 is 0 Å². The van der Waals surface area contributed by atoms with Gasteiger partial charge < -0.3 is 10.3 Å². The summed E-state index contributed by atoms with van der Waals surface area (Å²) in [6.07, 6.45) is 1.88. The smallest absolute Gasteiger partial charge is 0.0958 e. The number of imidazole rings is 1. The van der Waals surface area contributed by atoms with Crippen LogP contribution >= 0.6 is 0 Å². The van der Waals surface area contributed by atoms with Gasteiger partial charge in [0.25, 0.3) is 0 Å². The average Bonchev–Trinajstić information content (AvgIpc) is 2.47. The van der Waals surface area contributed by atoms with Crippen LogP contribution in [0, 0.1) is 5.92 Å². The summed E-state index contributed by atoms with van der Waals surface area (Å²) in [7, 11) is 0. The number of hydrogen-bond donors (Lipinski definition) is 1. The van der Waals surface area contributed by atoms with Crippen LogP contribution in [0.25, 0.3) is 11.0 Å². The number of benzene rings is 1. The molecule has 0 atom stereocenters. The van der Waals surface area contributed by atoms with Crippen LogP contribution < -0.4 is 5.73 Å². The molecule has 3 heteroatoms. The maximum Gasteiger partial charge on any atom is 0.0958 e. The minimum Gasteiger partial charge on any atom is -0.399 e. The Morgan fingerprint density at radius 2 is 2.21 bits per heavy atom. The Morgan fingerprint density at radius 3 is 2.93 bits per heavy atom. The Hall–Kier alpha value is -1.51. The molecule has 0 saturated heterocycles. The normalized spacial score (nSPS) is 11.4. The van der Waals surface area contributed by atoms with Crippen molar-refractivity contribution in [3.63, 3.8) is 0 Å². The summed E-state index contributed by atoms with van der Waals surface area (Å²) in [4.78, 5) is 4.32. The number of aromatic nitrogens is 2. The number of rotatable bonds is 2. The Bertz CT molecular complexity index is 443. The van der Waals surface area contributed by atoms with E-state index in [-0.39, 0.29) is 0 Å². The van der Waals surface area contributed by atoms with E-state index in [0.717, 1.165) is 23.3 Å². The van der Waals surface area contributed by atoms with E-state index in [9.17, 15) is 0 Å². The SMILES string of the molecule is CC(C)Cn1cnc2ccc(N)cc21. The number of hydrogen-bond acceptors (Lipinski definition) is 2. The van der Waals surface area contributed by atoms with Crippen molar-refractivity contribution in [2.75, 3.05) is 5.73 Å². The molecule has 0 unspecified atom stereocenters. The van der Waals surface area contributed by atoms with Crippen LogP contribution in [-0.2, 0) is 6.54 Å². The lowest BCUT2D eigenvalue weighted by atomic mass is 10.2. The van der Waals surface area contributed by atoms with Crippen LogP contribution in [0.1, 0.15) is 13.8 Å². The summed E-state index contributed by atoms with van der Waals surface area (Å²) in [6, 6.07) is 5.82. The summed E-state index contributed by atoms with van der Waals surface area (Å²) in [5, 5.41) is 0. The van der Waals surface area contributed by atoms with E-state index in [1.165, 1.54) is 0 Å². The highest BCUT2D eigenvalue weighted by atomic mass is 15.0. The zero-order valence-electron chi connectivity index (χ0n) is 8.57. The van der Waals surface area contributed by atoms with E-state index in [4.69, 9.17) is 5.73 Å². The fraction of sp³-hybridized carbons (Fsp3) is 0.364. The van der Waals surface area contributed by atoms with Gasteiger partial charge in [0.1, 0.15) is 0 Å². The molecule has 0 radical (unpaired) electrons. The van der Waals surface area contributed by atoms with Gasteiger partial charge in [0, 0.05) is 12.2 Å². The number of nitrogen functional groups attached to an aromatic ring is 1. The van der Waals surface area contributed by atoms with Crippen LogP contribution in [0.3, 0.4) is 0 Å². The third kappa shape index (κ3) is 1.58. The van der Waals surface area contributed by atoms with Crippen molar-refractivity contribution in [3.8, 4) is 0 Å². The highest BCUT2D eigenvalue weighted by Gasteiger charge is 2.03. The summed E-state index contributed by atoms with van der Waals surface area (Å²) in [5.74, 6) is 0.619. The van der Waals surface area contributed by atoms with Gasteiger partial charge >= 0.3 is 0 Å². The molecular formula is C11H15N3. The van der Waals surface area contributed by atoms with Crippen LogP contribution in [0.4, 0.5) is 5.69 Å². The quantitative estimate of drug-likeness (QED) is 0.736. The van der Waals surface area contributed by atoms with Crippen LogP contribution in [0.5, 0.6) is 0 Å². The summed E-state index contributed by atoms with van der Waals surface area (Å²) < 4.78 is 2.15. The van der Waals surface area contributed by atoms with Crippen molar-refractivity contribution in [1.29, 1.82) is 0 Å². The van der Waals surface area contributed by atoms with E-state index in [0.29, 0.717) is 5.92 Å². The molecule has 0 aliphatic heterocycles. The monoisotopic (exact) mass is 189 g/mol. The third-order valence-electron chi connectivity index (χ3n) is 2.21. The minimum absolute atomic E-state index is 0.619. The molecular weight excluding hydrogens is 174 g/mol. The number of nitrogens with zero attached hydrogens (tertiary/aromatic N) is 2. The van der Waals surface area contributed by atoms with Crippen LogP contribution in [0.2, 0.25) is 0 Å². The Kier molecular flexibility index (Phi) is 2.15. The number of nitrogens with two attached hydrogens (primary N) is 1. The number of anilines is 1. The Morgan fingerprint density at radius 1 is 1.43 bits per heavy atom. The van der Waals surface area contributed by atoms with Gasteiger partial charge in [-0.15, -0.1) is 0 Å². The van der Waals surface area contributed by atoms with Gasteiger partial charge in [-0.2, -0.15) is 0 Å². The molecule has 0 aliphatic carbocycles. The van der Waals surface area contributed by atoms with Crippen molar-refractivity contribution in [1.82, 2.24) is 9.55 Å². The first-order valence-electron chi connectivity index (χ1n) is 4.87.